The summed E-state index contributed by atoms with van der Waals surface area (Å²) in [4.78, 5) is 31.0. The van der Waals surface area contributed by atoms with E-state index in [0.29, 0.717) is 25.5 Å². The molecule has 1 atom stereocenters. The number of rotatable bonds is 3. The van der Waals surface area contributed by atoms with Crippen LogP contribution in [0.15, 0.2) is 11.1 Å². The molecule has 1 aromatic heterocycles. The fourth-order valence-electron chi connectivity index (χ4n) is 1.96. The van der Waals surface area contributed by atoms with Crippen molar-refractivity contribution in [2.45, 2.75) is 12.5 Å². The standard InChI is InChI=1S/C11H16N4O4/c1-18-8(16)4-7-5-15(2-3-19-7)10-9(12)11(17)14-6-13-10/h6-7H,2-5,12H2,1H3,(H,13,14,17). The van der Waals surface area contributed by atoms with E-state index in [1.54, 1.807) is 0 Å². The van der Waals surface area contributed by atoms with E-state index in [0.717, 1.165) is 0 Å². The molecule has 1 unspecified atom stereocenters. The van der Waals surface area contributed by atoms with Gasteiger partial charge in [0, 0.05) is 13.1 Å². The number of nitrogen functional groups attached to an aromatic ring is 1. The molecule has 1 aromatic rings. The minimum absolute atomic E-state index is 0.0706. The van der Waals surface area contributed by atoms with Crippen LogP contribution in [-0.2, 0) is 14.3 Å². The van der Waals surface area contributed by atoms with Crippen LogP contribution in [0.1, 0.15) is 6.42 Å². The summed E-state index contributed by atoms with van der Waals surface area (Å²) in [6, 6.07) is 0. The van der Waals surface area contributed by atoms with Crippen LogP contribution in [0.2, 0.25) is 0 Å². The van der Waals surface area contributed by atoms with E-state index in [9.17, 15) is 9.59 Å². The Labute approximate surface area is 109 Å². The molecular formula is C11H16N4O4. The molecule has 1 aliphatic heterocycles. The van der Waals surface area contributed by atoms with Gasteiger partial charge in [0.2, 0.25) is 0 Å². The normalized spacial score (nSPS) is 19.2. The average Bonchev–Trinajstić information content (AvgIpc) is 2.42. The Morgan fingerprint density at radius 2 is 2.53 bits per heavy atom. The van der Waals surface area contributed by atoms with Gasteiger partial charge in [-0.05, 0) is 0 Å². The van der Waals surface area contributed by atoms with Crippen molar-refractivity contribution >= 4 is 17.5 Å². The van der Waals surface area contributed by atoms with E-state index in [1.807, 2.05) is 4.90 Å². The van der Waals surface area contributed by atoms with Gasteiger partial charge in [0.25, 0.3) is 5.56 Å². The number of esters is 1. The zero-order valence-electron chi connectivity index (χ0n) is 10.6. The molecule has 0 radical (unpaired) electrons. The molecule has 1 aliphatic rings. The Hall–Kier alpha value is -2.09. The first-order chi connectivity index (χ1) is 9.11. The molecular weight excluding hydrogens is 252 g/mol. The van der Waals surface area contributed by atoms with Crippen LogP contribution in [0, 0.1) is 0 Å². The van der Waals surface area contributed by atoms with Gasteiger partial charge in [0.1, 0.15) is 5.69 Å². The van der Waals surface area contributed by atoms with E-state index >= 15 is 0 Å². The number of H-pyrrole nitrogens is 1. The Bertz CT molecular complexity index is 516. The van der Waals surface area contributed by atoms with Crippen molar-refractivity contribution in [3.05, 3.63) is 16.7 Å². The molecule has 2 heterocycles. The molecule has 1 fully saturated rings. The lowest BCUT2D eigenvalue weighted by molar-refractivity contribution is -0.144. The van der Waals surface area contributed by atoms with Crippen LogP contribution in [0.5, 0.6) is 0 Å². The number of aromatic nitrogens is 2. The summed E-state index contributed by atoms with van der Waals surface area (Å²) in [7, 11) is 1.33. The maximum absolute atomic E-state index is 11.4. The first kappa shape index (κ1) is 13.3. The van der Waals surface area contributed by atoms with Crippen molar-refractivity contribution in [3.8, 4) is 0 Å². The van der Waals surface area contributed by atoms with Gasteiger partial charge in [-0.25, -0.2) is 4.98 Å². The van der Waals surface area contributed by atoms with Gasteiger partial charge < -0.3 is 25.1 Å². The lowest BCUT2D eigenvalue weighted by Crippen LogP contribution is -2.44. The molecule has 0 spiro atoms. The molecule has 2 rings (SSSR count). The van der Waals surface area contributed by atoms with Crippen molar-refractivity contribution in [3.63, 3.8) is 0 Å². The zero-order valence-corrected chi connectivity index (χ0v) is 10.6. The number of methoxy groups -OCH3 is 1. The van der Waals surface area contributed by atoms with Crippen molar-refractivity contribution in [2.24, 2.45) is 0 Å². The second-order valence-corrected chi connectivity index (χ2v) is 4.19. The van der Waals surface area contributed by atoms with Gasteiger partial charge in [-0.1, -0.05) is 0 Å². The zero-order chi connectivity index (χ0) is 13.8. The predicted octanol–water partition coefficient (Wildman–Crippen LogP) is -0.880. The van der Waals surface area contributed by atoms with Gasteiger partial charge in [-0.15, -0.1) is 0 Å². The van der Waals surface area contributed by atoms with Crippen LogP contribution in [0.25, 0.3) is 0 Å². The largest absolute Gasteiger partial charge is 0.469 e. The maximum Gasteiger partial charge on any atom is 0.308 e. The first-order valence-electron chi connectivity index (χ1n) is 5.88. The third-order valence-electron chi connectivity index (χ3n) is 2.93. The Morgan fingerprint density at radius 3 is 3.26 bits per heavy atom. The number of nitrogens with one attached hydrogen (secondary N) is 1. The Kier molecular flexibility index (Phi) is 4.00. The molecule has 0 amide bonds. The highest BCUT2D eigenvalue weighted by molar-refractivity contribution is 5.70. The lowest BCUT2D eigenvalue weighted by Gasteiger charge is -2.33. The maximum atomic E-state index is 11.4. The van der Waals surface area contributed by atoms with Crippen molar-refractivity contribution in [2.75, 3.05) is 37.4 Å². The van der Waals surface area contributed by atoms with Crippen molar-refractivity contribution < 1.29 is 14.3 Å². The fraction of sp³-hybridized carbons (Fsp3) is 0.545. The molecule has 0 bridgehead atoms. The predicted molar refractivity (Wildman–Crippen MR) is 67.9 cm³/mol. The Morgan fingerprint density at radius 1 is 1.74 bits per heavy atom. The topological polar surface area (TPSA) is 111 Å². The second kappa shape index (κ2) is 5.70. The van der Waals surface area contributed by atoms with Gasteiger partial charge in [0.05, 0.1) is 32.6 Å². The van der Waals surface area contributed by atoms with Gasteiger partial charge >= 0.3 is 5.97 Å². The van der Waals surface area contributed by atoms with Crippen LogP contribution in [0.4, 0.5) is 11.5 Å². The average molecular weight is 268 g/mol. The molecule has 0 aliphatic carbocycles. The van der Waals surface area contributed by atoms with Crippen LogP contribution in [0.3, 0.4) is 0 Å². The van der Waals surface area contributed by atoms with E-state index in [4.69, 9.17) is 10.5 Å². The fourth-order valence-corrected chi connectivity index (χ4v) is 1.96. The molecule has 0 aromatic carbocycles. The second-order valence-electron chi connectivity index (χ2n) is 4.19. The number of morpholine rings is 1. The SMILES string of the molecule is COC(=O)CC1CN(c2nc[nH]c(=O)c2N)CCO1. The molecule has 0 saturated carbocycles. The van der Waals surface area contributed by atoms with Crippen LogP contribution >= 0.6 is 0 Å². The minimum Gasteiger partial charge on any atom is -0.469 e. The Balaban J connectivity index is 2.11. The molecule has 8 heteroatoms. The van der Waals surface area contributed by atoms with E-state index in [2.05, 4.69) is 14.7 Å². The number of nitrogens with two attached hydrogens (primary N) is 1. The monoisotopic (exact) mass is 268 g/mol. The third-order valence-corrected chi connectivity index (χ3v) is 2.93. The van der Waals surface area contributed by atoms with E-state index in [-0.39, 0.29) is 29.7 Å². The quantitative estimate of drug-likeness (QED) is 0.685. The summed E-state index contributed by atoms with van der Waals surface area (Å²) in [6.45, 7) is 1.45. The first-order valence-corrected chi connectivity index (χ1v) is 5.88. The number of nitrogens with zero attached hydrogens (tertiary/aromatic N) is 2. The summed E-state index contributed by atoms with van der Waals surface area (Å²) >= 11 is 0. The summed E-state index contributed by atoms with van der Waals surface area (Å²) < 4.78 is 10.1. The highest BCUT2D eigenvalue weighted by Gasteiger charge is 2.25. The van der Waals surface area contributed by atoms with Gasteiger partial charge in [-0.3, -0.25) is 9.59 Å². The minimum atomic E-state index is -0.374. The highest BCUT2D eigenvalue weighted by Crippen LogP contribution is 2.19. The summed E-state index contributed by atoms with van der Waals surface area (Å²) in [6.07, 6.45) is 1.18. The van der Waals surface area contributed by atoms with Crippen molar-refractivity contribution in [1.82, 2.24) is 9.97 Å². The van der Waals surface area contributed by atoms with E-state index in [1.165, 1.54) is 13.4 Å². The molecule has 8 nitrogen and oxygen atoms in total. The number of ether oxygens (including phenoxy) is 2. The number of carbonyl (C=O) groups excluding carboxylic acids is 1. The lowest BCUT2D eigenvalue weighted by atomic mass is 10.2. The smallest absolute Gasteiger partial charge is 0.308 e. The molecule has 104 valence electrons. The highest BCUT2D eigenvalue weighted by atomic mass is 16.5. The number of hydrogen-bond donors (Lipinski definition) is 2. The summed E-state index contributed by atoms with van der Waals surface area (Å²) in [5, 5.41) is 0. The summed E-state index contributed by atoms with van der Waals surface area (Å²) in [5.41, 5.74) is 5.40. The van der Waals surface area contributed by atoms with Gasteiger partial charge in [-0.2, -0.15) is 0 Å². The number of anilines is 2. The third kappa shape index (κ3) is 3.02. The van der Waals surface area contributed by atoms with Gasteiger partial charge in [0.15, 0.2) is 5.82 Å². The molecule has 1 saturated heterocycles. The van der Waals surface area contributed by atoms with E-state index < -0.39 is 0 Å². The summed E-state index contributed by atoms with van der Waals surface area (Å²) in [5.74, 6) is 0.0839. The van der Waals surface area contributed by atoms with Crippen LogP contribution in [-0.4, -0.2) is 48.8 Å². The molecule has 19 heavy (non-hydrogen) atoms. The number of hydrogen-bond acceptors (Lipinski definition) is 7. The van der Waals surface area contributed by atoms with Crippen LogP contribution < -0.4 is 16.2 Å². The number of aromatic amines is 1. The number of carbonyl (C=O) groups is 1. The van der Waals surface area contributed by atoms with Crippen molar-refractivity contribution in [1.29, 1.82) is 0 Å². The molecule has 3 N–H and O–H groups in total.